The average Bonchev–Trinajstić information content (AvgIpc) is 2.55. The molecule has 0 spiro atoms. The normalized spacial score (nSPS) is 14.9. The number of nitrogen functional groups attached to an aromatic ring is 1. The SMILES string of the molecule is Nc1ccc(CNc2ccc(N3CCCCC3=O)cc2)cc1. The molecule has 2 aromatic rings. The molecule has 22 heavy (non-hydrogen) atoms. The first-order valence-corrected chi connectivity index (χ1v) is 7.71. The standard InChI is InChI=1S/C18H21N3O/c19-15-6-4-14(5-7-15)13-20-16-8-10-17(11-9-16)21-12-2-1-3-18(21)22/h4-11,20H,1-3,12-13,19H2. The Labute approximate surface area is 130 Å². The maximum Gasteiger partial charge on any atom is 0.226 e. The Bertz CT molecular complexity index is 634. The van der Waals surface area contributed by atoms with Crippen LogP contribution in [-0.4, -0.2) is 12.5 Å². The third-order valence-corrected chi connectivity index (χ3v) is 3.98. The van der Waals surface area contributed by atoms with Crippen LogP contribution in [-0.2, 0) is 11.3 Å². The van der Waals surface area contributed by atoms with E-state index in [9.17, 15) is 4.79 Å². The van der Waals surface area contributed by atoms with Crippen molar-refractivity contribution in [3.05, 3.63) is 54.1 Å². The number of nitrogens with zero attached hydrogens (tertiary/aromatic N) is 1. The van der Waals surface area contributed by atoms with Crippen LogP contribution in [0.25, 0.3) is 0 Å². The fraction of sp³-hybridized carbons (Fsp3) is 0.278. The summed E-state index contributed by atoms with van der Waals surface area (Å²) in [5, 5.41) is 3.38. The molecule has 0 unspecified atom stereocenters. The summed E-state index contributed by atoms with van der Waals surface area (Å²) in [6, 6.07) is 15.9. The molecule has 1 fully saturated rings. The molecule has 3 N–H and O–H groups in total. The zero-order chi connectivity index (χ0) is 15.4. The number of rotatable bonds is 4. The van der Waals surface area contributed by atoms with Gasteiger partial charge < -0.3 is 16.0 Å². The molecule has 2 aromatic carbocycles. The second kappa shape index (κ2) is 6.52. The van der Waals surface area contributed by atoms with Crippen LogP contribution in [0.15, 0.2) is 48.5 Å². The van der Waals surface area contributed by atoms with E-state index in [1.807, 2.05) is 53.4 Å². The number of nitrogens with two attached hydrogens (primary N) is 1. The van der Waals surface area contributed by atoms with E-state index in [0.717, 1.165) is 43.0 Å². The average molecular weight is 295 g/mol. The van der Waals surface area contributed by atoms with Gasteiger partial charge in [-0.25, -0.2) is 0 Å². The topological polar surface area (TPSA) is 58.4 Å². The van der Waals surface area contributed by atoms with Gasteiger partial charge in [0.25, 0.3) is 0 Å². The van der Waals surface area contributed by atoms with Gasteiger partial charge in [0.05, 0.1) is 0 Å². The first kappa shape index (κ1) is 14.4. The summed E-state index contributed by atoms with van der Waals surface area (Å²) in [4.78, 5) is 13.8. The number of hydrogen-bond donors (Lipinski definition) is 2. The van der Waals surface area contributed by atoms with Crippen molar-refractivity contribution < 1.29 is 4.79 Å². The molecule has 1 aliphatic heterocycles. The van der Waals surface area contributed by atoms with E-state index < -0.39 is 0 Å². The van der Waals surface area contributed by atoms with Crippen LogP contribution in [0.3, 0.4) is 0 Å². The van der Waals surface area contributed by atoms with Gasteiger partial charge in [-0.05, 0) is 54.8 Å². The number of hydrogen-bond acceptors (Lipinski definition) is 3. The van der Waals surface area contributed by atoms with Crippen molar-refractivity contribution in [1.29, 1.82) is 0 Å². The second-order valence-corrected chi connectivity index (χ2v) is 5.64. The van der Waals surface area contributed by atoms with Crippen LogP contribution in [0.4, 0.5) is 17.1 Å². The van der Waals surface area contributed by atoms with Crippen LogP contribution < -0.4 is 16.0 Å². The Hall–Kier alpha value is -2.49. The number of nitrogens with one attached hydrogen (secondary N) is 1. The lowest BCUT2D eigenvalue weighted by Crippen LogP contribution is -2.35. The Morgan fingerprint density at radius 1 is 1.00 bits per heavy atom. The van der Waals surface area contributed by atoms with Crippen molar-refractivity contribution in [2.75, 3.05) is 22.5 Å². The Morgan fingerprint density at radius 3 is 2.41 bits per heavy atom. The molecule has 0 aromatic heterocycles. The molecule has 0 bridgehead atoms. The lowest BCUT2D eigenvalue weighted by atomic mass is 10.1. The van der Waals surface area contributed by atoms with Gasteiger partial charge in [0.1, 0.15) is 0 Å². The minimum atomic E-state index is 0.230. The summed E-state index contributed by atoms with van der Waals surface area (Å²) in [5.41, 5.74) is 9.68. The number of amides is 1. The maximum absolute atomic E-state index is 11.9. The van der Waals surface area contributed by atoms with Gasteiger partial charge in [0.2, 0.25) is 5.91 Å². The van der Waals surface area contributed by atoms with E-state index in [-0.39, 0.29) is 5.91 Å². The quantitative estimate of drug-likeness (QED) is 0.850. The molecule has 0 atom stereocenters. The van der Waals surface area contributed by atoms with Crippen molar-refractivity contribution in [2.45, 2.75) is 25.8 Å². The van der Waals surface area contributed by atoms with Crippen molar-refractivity contribution in [2.24, 2.45) is 0 Å². The highest BCUT2D eigenvalue weighted by Crippen LogP contribution is 2.23. The maximum atomic E-state index is 11.9. The third-order valence-electron chi connectivity index (χ3n) is 3.98. The van der Waals surface area contributed by atoms with E-state index >= 15 is 0 Å². The molecule has 1 saturated heterocycles. The number of carbonyl (C=O) groups is 1. The summed E-state index contributed by atoms with van der Waals surface area (Å²) < 4.78 is 0. The molecular formula is C18H21N3O. The molecule has 3 rings (SSSR count). The Balaban J connectivity index is 1.61. The molecule has 4 nitrogen and oxygen atoms in total. The van der Waals surface area contributed by atoms with E-state index in [0.29, 0.717) is 6.42 Å². The highest BCUT2D eigenvalue weighted by atomic mass is 16.2. The van der Waals surface area contributed by atoms with Gasteiger partial charge in [-0.1, -0.05) is 12.1 Å². The summed E-state index contributed by atoms with van der Waals surface area (Å²) >= 11 is 0. The second-order valence-electron chi connectivity index (χ2n) is 5.64. The lowest BCUT2D eigenvalue weighted by molar-refractivity contribution is -0.119. The van der Waals surface area contributed by atoms with Crippen molar-refractivity contribution in [1.82, 2.24) is 0 Å². The monoisotopic (exact) mass is 295 g/mol. The van der Waals surface area contributed by atoms with E-state index in [1.54, 1.807) is 0 Å². The fourth-order valence-electron chi connectivity index (χ4n) is 2.68. The minimum absolute atomic E-state index is 0.230. The van der Waals surface area contributed by atoms with Gasteiger partial charge in [-0.3, -0.25) is 4.79 Å². The Morgan fingerprint density at radius 2 is 1.73 bits per heavy atom. The van der Waals surface area contributed by atoms with Crippen molar-refractivity contribution in [3.8, 4) is 0 Å². The van der Waals surface area contributed by atoms with Gasteiger partial charge >= 0.3 is 0 Å². The predicted octanol–water partition coefficient (Wildman–Crippen LogP) is 3.40. The fourth-order valence-corrected chi connectivity index (χ4v) is 2.68. The number of carbonyl (C=O) groups excluding carboxylic acids is 1. The number of benzene rings is 2. The minimum Gasteiger partial charge on any atom is -0.399 e. The number of piperidine rings is 1. The summed E-state index contributed by atoms with van der Waals surface area (Å²) in [6.45, 7) is 1.58. The van der Waals surface area contributed by atoms with Gasteiger partial charge in [-0.2, -0.15) is 0 Å². The molecular weight excluding hydrogens is 274 g/mol. The summed E-state index contributed by atoms with van der Waals surface area (Å²) in [6.07, 6.45) is 2.76. The van der Waals surface area contributed by atoms with Crippen LogP contribution >= 0.6 is 0 Å². The largest absolute Gasteiger partial charge is 0.399 e. The van der Waals surface area contributed by atoms with Crippen LogP contribution in [0.2, 0.25) is 0 Å². The number of anilines is 3. The highest BCUT2D eigenvalue weighted by Gasteiger charge is 2.19. The Kier molecular flexibility index (Phi) is 4.28. The lowest BCUT2D eigenvalue weighted by Gasteiger charge is -2.26. The van der Waals surface area contributed by atoms with Gasteiger partial charge in [0, 0.05) is 36.6 Å². The molecule has 1 heterocycles. The molecule has 0 aliphatic carbocycles. The summed E-state index contributed by atoms with van der Waals surface area (Å²) in [5.74, 6) is 0.230. The molecule has 0 saturated carbocycles. The first-order valence-electron chi connectivity index (χ1n) is 7.71. The molecule has 4 heteroatoms. The first-order chi connectivity index (χ1) is 10.7. The smallest absolute Gasteiger partial charge is 0.226 e. The summed E-state index contributed by atoms with van der Waals surface area (Å²) in [7, 11) is 0. The van der Waals surface area contributed by atoms with Crippen molar-refractivity contribution in [3.63, 3.8) is 0 Å². The molecule has 0 radical (unpaired) electrons. The third kappa shape index (κ3) is 3.39. The predicted molar refractivity (Wildman–Crippen MR) is 90.8 cm³/mol. The van der Waals surface area contributed by atoms with Crippen LogP contribution in [0.1, 0.15) is 24.8 Å². The van der Waals surface area contributed by atoms with E-state index in [1.165, 1.54) is 5.56 Å². The highest BCUT2D eigenvalue weighted by molar-refractivity contribution is 5.94. The zero-order valence-corrected chi connectivity index (χ0v) is 12.6. The van der Waals surface area contributed by atoms with Crippen LogP contribution in [0, 0.1) is 0 Å². The van der Waals surface area contributed by atoms with E-state index in [4.69, 9.17) is 5.73 Å². The van der Waals surface area contributed by atoms with Crippen molar-refractivity contribution >= 4 is 23.0 Å². The van der Waals surface area contributed by atoms with Gasteiger partial charge in [0.15, 0.2) is 0 Å². The molecule has 1 aliphatic rings. The van der Waals surface area contributed by atoms with Gasteiger partial charge in [-0.15, -0.1) is 0 Å². The molecule has 1 amide bonds. The zero-order valence-electron chi connectivity index (χ0n) is 12.6. The van der Waals surface area contributed by atoms with E-state index in [2.05, 4.69) is 5.32 Å². The van der Waals surface area contributed by atoms with Crippen LogP contribution in [0.5, 0.6) is 0 Å². The molecule has 114 valence electrons.